The van der Waals surface area contributed by atoms with Crippen molar-refractivity contribution < 1.29 is 18.7 Å². The van der Waals surface area contributed by atoms with E-state index >= 15 is 0 Å². The van der Waals surface area contributed by atoms with E-state index in [-0.39, 0.29) is 24.3 Å². The molecule has 2 aromatic carbocycles. The summed E-state index contributed by atoms with van der Waals surface area (Å²) in [6.45, 7) is 0. The molecule has 1 amide bonds. The lowest BCUT2D eigenvalue weighted by molar-refractivity contribution is -0.140. The first kappa shape index (κ1) is 18.1. The van der Waals surface area contributed by atoms with E-state index in [4.69, 9.17) is 11.6 Å². The summed E-state index contributed by atoms with van der Waals surface area (Å²) in [5.41, 5.74) is 1.59. The number of aliphatic imine (C=N–C) groups is 1. The Labute approximate surface area is 154 Å². The van der Waals surface area contributed by atoms with Crippen LogP contribution in [0.25, 0.3) is 0 Å². The van der Waals surface area contributed by atoms with Gasteiger partial charge < -0.3 is 10.1 Å². The number of hydrogen-bond donors (Lipinski definition) is 1. The Morgan fingerprint density at radius 3 is 2.77 bits per heavy atom. The van der Waals surface area contributed by atoms with Crippen molar-refractivity contribution in [2.75, 3.05) is 12.4 Å². The highest BCUT2D eigenvalue weighted by Crippen LogP contribution is 2.28. The van der Waals surface area contributed by atoms with Crippen molar-refractivity contribution in [3.63, 3.8) is 0 Å². The van der Waals surface area contributed by atoms with E-state index in [1.54, 1.807) is 36.4 Å². The maximum absolute atomic E-state index is 14.4. The molecule has 1 atom stereocenters. The molecule has 5 nitrogen and oxygen atoms in total. The zero-order valence-corrected chi connectivity index (χ0v) is 14.7. The van der Waals surface area contributed by atoms with E-state index in [1.165, 1.54) is 13.2 Å². The number of carbonyl (C=O) groups is 2. The van der Waals surface area contributed by atoms with Crippen LogP contribution in [0.15, 0.2) is 47.5 Å². The molecule has 1 aliphatic heterocycles. The van der Waals surface area contributed by atoms with E-state index < -0.39 is 17.8 Å². The quantitative estimate of drug-likeness (QED) is 0.831. The Morgan fingerprint density at radius 1 is 1.27 bits per heavy atom. The number of rotatable bonds is 4. The van der Waals surface area contributed by atoms with E-state index in [9.17, 15) is 14.0 Å². The largest absolute Gasteiger partial charge is 0.469 e. The molecule has 1 heterocycles. The highest BCUT2D eigenvalue weighted by Gasteiger charge is 2.27. The average Bonchev–Trinajstić information content (AvgIpc) is 2.76. The first-order valence-electron chi connectivity index (χ1n) is 8.00. The lowest BCUT2D eigenvalue weighted by Crippen LogP contribution is -2.26. The molecule has 3 rings (SSSR count). The lowest BCUT2D eigenvalue weighted by atomic mass is 10.00. The maximum atomic E-state index is 14.4. The number of esters is 1. The zero-order chi connectivity index (χ0) is 18.7. The van der Waals surface area contributed by atoms with Gasteiger partial charge in [0.2, 0.25) is 5.91 Å². The molecule has 0 aliphatic carbocycles. The summed E-state index contributed by atoms with van der Waals surface area (Å²) in [7, 11) is 1.28. The highest BCUT2D eigenvalue weighted by molar-refractivity contribution is 6.32. The standard InChI is InChI=1S/C19H16ClFN2O3/c1-26-17(24)9-8-16-19(25)23-15-7-6-11(20)10-13(15)18(22-16)12-4-2-3-5-14(12)21/h2-7,10,16H,8-9H2,1H3,(H,23,25)/t16-/m0/s1. The van der Waals surface area contributed by atoms with Gasteiger partial charge in [0, 0.05) is 22.6 Å². The van der Waals surface area contributed by atoms with Gasteiger partial charge in [-0.05, 0) is 36.8 Å². The number of benzodiazepines with no additional fused rings is 1. The third-order valence-electron chi connectivity index (χ3n) is 4.06. The third kappa shape index (κ3) is 3.75. The van der Waals surface area contributed by atoms with Gasteiger partial charge in [0.05, 0.1) is 18.5 Å². The van der Waals surface area contributed by atoms with Gasteiger partial charge in [-0.1, -0.05) is 23.7 Å². The highest BCUT2D eigenvalue weighted by atomic mass is 35.5. The number of methoxy groups -OCH3 is 1. The lowest BCUT2D eigenvalue weighted by Gasteiger charge is -2.11. The fourth-order valence-electron chi connectivity index (χ4n) is 2.74. The molecule has 1 aliphatic rings. The van der Waals surface area contributed by atoms with E-state index in [0.717, 1.165) is 0 Å². The summed E-state index contributed by atoms with van der Waals surface area (Å²) in [5.74, 6) is -1.27. The first-order valence-corrected chi connectivity index (χ1v) is 8.37. The zero-order valence-electron chi connectivity index (χ0n) is 14.0. The van der Waals surface area contributed by atoms with Gasteiger partial charge in [-0.15, -0.1) is 0 Å². The second-order valence-electron chi connectivity index (χ2n) is 5.77. The molecule has 0 radical (unpaired) electrons. The summed E-state index contributed by atoms with van der Waals surface area (Å²) < 4.78 is 19.0. The van der Waals surface area contributed by atoms with Crippen LogP contribution in [0.1, 0.15) is 24.0 Å². The molecule has 0 bridgehead atoms. The van der Waals surface area contributed by atoms with Crippen molar-refractivity contribution in [1.82, 2.24) is 0 Å². The molecular formula is C19H16ClFN2O3. The number of carbonyl (C=O) groups excluding carboxylic acids is 2. The number of hydrogen-bond acceptors (Lipinski definition) is 4. The maximum Gasteiger partial charge on any atom is 0.305 e. The van der Waals surface area contributed by atoms with Crippen LogP contribution in [0, 0.1) is 5.82 Å². The van der Waals surface area contributed by atoms with E-state index in [0.29, 0.717) is 22.0 Å². The van der Waals surface area contributed by atoms with Gasteiger partial charge in [0.1, 0.15) is 11.9 Å². The molecule has 1 N–H and O–H groups in total. The summed E-state index contributed by atoms with van der Waals surface area (Å²) >= 11 is 6.09. The second-order valence-corrected chi connectivity index (χ2v) is 6.20. The molecule has 0 spiro atoms. The van der Waals surface area contributed by atoms with Gasteiger partial charge in [0.25, 0.3) is 0 Å². The number of nitrogens with zero attached hydrogens (tertiary/aromatic N) is 1. The van der Waals surface area contributed by atoms with Crippen molar-refractivity contribution in [2.24, 2.45) is 4.99 Å². The van der Waals surface area contributed by atoms with Crippen LogP contribution >= 0.6 is 11.6 Å². The molecule has 2 aromatic rings. The monoisotopic (exact) mass is 374 g/mol. The fourth-order valence-corrected chi connectivity index (χ4v) is 2.91. The molecule has 26 heavy (non-hydrogen) atoms. The van der Waals surface area contributed by atoms with E-state index in [1.807, 2.05) is 0 Å². The summed E-state index contributed by atoms with van der Waals surface area (Å²) in [6, 6.07) is 10.2. The van der Waals surface area contributed by atoms with Gasteiger partial charge in [0.15, 0.2) is 0 Å². The molecule has 0 saturated heterocycles. The number of amides is 1. The third-order valence-corrected chi connectivity index (χ3v) is 4.30. The minimum atomic E-state index is -0.852. The molecule has 0 saturated carbocycles. The topological polar surface area (TPSA) is 67.8 Å². The van der Waals surface area contributed by atoms with Crippen LogP contribution in [0.5, 0.6) is 0 Å². The van der Waals surface area contributed by atoms with Gasteiger partial charge >= 0.3 is 5.97 Å². The van der Waals surface area contributed by atoms with Crippen molar-refractivity contribution >= 4 is 34.9 Å². The predicted octanol–water partition coefficient (Wildman–Crippen LogP) is 3.59. The minimum Gasteiger partial charge on any atom is -0.469 e. The number of nitrogens with one attached hydrogen (secondary N) is 1. The molecule has 0 aromatic heterocycles. The van der Waals surface area contributed by atoms with Crippen LogP contribution in [0.4, 0.5) is 10.1 Å². The van der Waals surface area contributed by atoms with Crippen molar-refractivity contribution in [3.05, 3.63) is 64.4 Å². The number of anilines is 1. The second kappa shape index (κ2) is 7.66. The number of ether oxygens (including phenoxy) is 1. The Balaban J connectivity index is 2.10. The van der Waals surface area contributed by atoms with Gasteiger partial charge in [-0.25, -0.2) is 4.39 Å². The van der Waals surface area contributed by atoms with Crippen LogP contribution in [0.2, 0.25) is 5.02 Å². The Bertz CT molecular complexity index is 898. The molecule has 7 heteroatoms. The summed E-state index contributed by atoms with van der Waals surface area (Å²) in [5, 5.41) is 3.21. The van der Waals surface area contributed by atoms with Crippen molar-refractivity contribution in [2.45, 2.75) is 18.9 Å². The minimum absolute atomic E-state index is 0.0275. The fraction of sp³-hybridized carbons (Fsp3) is 0.211. The smallest absolute Gasteiger partial charge is 0.305 e. The van der Waals surface area contributed by atoms with Crippen molar-refractivity contribution in [3.8, 4) is 0 Å². The van der Waals surface area contributed by atoms with Crippen LogP contribution in [0.3, 0.4) is 0 Å². The summed E-state index contributed by atoms with van der Waals surface area (Å²) in [6.07, 6.45) is 0.178. The van der Waals surface area contributed by atoms with Crippen LogP contribution in [-0.4, -0.2) is 30.7 Å². The normalized spacial score (nSPS) is 16.2. The van der Waals surface area contributed by atoms with E-state index in [2.05, 4.69) is 15.0 Å². The number of fused-ring (bicyclic) bond motifs is 1. The molecule has 0 fully saturated rings. The Morgan fingerprint density at radius 2 is 2.04 bits per heavy atom. The van der Waals surface area contributed by atoms with Gasteiger partial charge in [-0.3, -0.25) is 14.6 Å². The van der Waals surface area contributed by atoms with Crippen LogP contribution < -0.4 is 5.32 Å². The van der Waals surface area contributed by atoms with Crippen LogP contribution in [-0.2, 0) is 14.3 Å². The SMILES string of the molecule is COC(=O)CC[C@@H]1N=C(c2ccccc2F)c2cc(Cl)ccc2NC1=O. The van der Waals surface area contributed by atoms with Gasteiger partial charge in [-0.2, -0.15) is 0 Å². The Hall–Kier alpha value is -2.73. The first-order chi connectivity index (χ1) is 12.5. The predicted molar refractivity (Wildman–Crippen MR) is 97.2 cm³/mol. The Kier molecular flexibility index (Phi) is 5.32. The average molecular weight is 375 g/mol. The number of benzene rings is 2. The summed E-state index contributed by atoms with van der Waals surface area (Å²) in [4.78, 5) is 28.4. The number of halogens is 2. The molecule has 0 unspecified atom stereocenters. The molecule has 134 valence electrons. The van der Waals surface area contributed by atoms with Crippen molar-refractivity contribution in [1.29, 1.82) is 0 Å². The molecular weight excluding hydrogens is 359 g/mol.